The van der Waals surface area contributed by atoms with Crippen LogP contribution in [0.15, 0.2) is 0 Å². The number of piperidine rings is 1. The highest BCUT2D eigenvalue weighted by molar-refractivity contribution is 8.22. The molecule has 0 aromatic rings. The van der Waals surface area contributed by atoms with E-state index in [9.17, 15) is 0 Å². The quantitative estimate of drug-likeness (QED) is 0.649. The lowest BCUT2D eigenvalue weighted by atomic mass is 10.1. The SMILES string of the molecule is CC1SC2(CCNCC2)SC1C. The van der Waals surface area contributed by atoms with Crippen LogP contribution in [0.25, 0.3) is 0 Å². The van der Waals surface area contributed by atoms with Crippen molar-refractivity contribution in [2.45, 2.75) is 41.3 Å². The van der Waals surface area contributed by atoms with E-state index in [1.54, 1.807) is 0 Å². The molecule has 2 aliphatic heterocycles. The zero-order valence-electron chi connectivity index (χ0n) is 7.80. The highest BCUT2D eigenvalue weighted by Crippen LogP contribution is 2.56. The summed E-state index contributed by atoms with van der Waals surface area (Å²) in [6, 6.07) is 0. The zero-order chi connectivity index (χ0) is 8.60. The summed E-state index contributed by atoms with van der Waals surface area (Å²) in [5.74, 6) is 0. The fourth-order valence-corrected chi connectivity index (χ4v) is 6.02. The highest BCUT2D eigenvalue weighted by Gasteiger charge is 2.43. The van der Waals surface area contributed by atoms with Crippen molar-refractivity contribution in [3.8, 4) is 0 Å². The Morgan fingerprint density at radius 2 is 1.58 bits per heavy atom. The fraction of sp³-hybridized carbons (Fsp3) is 1.00. The maximum absolute atomic E-state index is 3.44. The van der Waals surface area contributed by atoms with Gasteiger partial charge in [0.05, 0.1) is 4.08 Å². The predicted octanol–water partition coefficient (Wildman–Crippen LogP) is 2.32. The second-order valence-corrected chi connectivity index (χ2v) is 7.59. The van der Waals surface area contributed by atoms with E-state index in [0.29, 0.717) is 4.08 Å². The summed E-state index contributed by atoms with van der Waals surface area (Å²) in [5, 5.41) is 5.15. The fourth-order valence-electron chi connectivity index (χ4n) is 1.94. The van der Waals surface area contributed by atoms with Crippen LogP contribution in [-0.2, 0) is 0 Å². The Kier molecular flexibility index (Phi) is 2.64. The summed E-state index contributed by atoms with van der Waals surface area (Å²) >= 11 is 4.44. The molecule has 2 heterocycles. The van der Waals surface area contributed by atoms with Gasteiger partial charge in [0.25, 0.3) is 0 Å². The molecule has 1 spiro atoms. The molecule has 0 aromatic carbocycles. The van der Waals surface area contributed by atoms with Gasteiger partial charge in [-0.05, 0) is 25.9 Å². The molecular weight excluding hydrogens is 186 g/mol. The molecule has 0 saturated carbocycles. The molecule has 2 aliphatic rings. The Morgan fingerprint density at radius 3 is 2.08 bits per heavy atom. The number of nitrogens with one attached hydrogen (secondary N) is 1. The van der Waals surface area contributed by atoms with Crippen LogP contribution in [0.1, 0.15) is 26.7 Å². The molecule has 0 bridgehead atoms. The summed E-state index contributed by atoms with van der Waals surface area (Å²) in [5.41, 5.74) is 0. The van der Waals surface area contributed by atoms with Crippen LogP contribution in [0.3, 0.4) is 0 Å². The van der Waals surface area contributed by atoms with E-state index in [1.165, 1.54) is 25.9 Å². The molecule has 2 atom stereocenters. The lowest BCUT2D eigenvalue weighted by Gasteiger charge is -2.32. The average molecular weight is 203 g/mol. The number of rotatable bonds is 0. The molecule has 2 saturated heterocycles. The number of thioether (sulfide) groups is 2. The van der Waals surface area contributed by atoms with E-state index < -0.39 is 0 Å². The predicted molar refractivity (Wildman–Crippen MR) is 58.9 cm³/mol. The van der Waals surface area contributed by atoms with Gasteiger partial charge in [-0.15, -0.1) is 23.5 Å². The first-order valence-electron chi connectivity index (χ1n) is 4.78. The summed E-state index contributed by atoms with van der Waals surface area (Å²) in [6.45, 7) is 7.19. The van der Waals surface area contributed by atoms with Gasteiger partial charge in [0.15, 0.2) is 0 Å². The summed E-state index contributed by atoms with van der Waals surface area (Å²) in [6.07, 6.45) is 2.72. The van der Waals surface area contributed by atoms with E-state index in [1.807, 2.05) is 0 Å². The summed E-state index contributed by atoms with van der Waals surface area (Å²) in [4.78, 5) is 0. The van der Waals surface area contributed by atoms with Crippen molar-refractivity contribution in [2.24, 2.45) is 0 Å². The van der Waals surface area contributed by atoms with Gasteiger partial charge >= 0.3 is 0 Å². The van der Waals surface area contributed by atoms with Crippen LogP contribution in [0.5, 0.6) is 0 Å². The molecule has 0 aliphatic carbocycles. The van der Waals surface area contributed by atoms with Gasteiger partial charge in [-0.25, -0.2) is 0 Å². The third-order valence-corrected chi connectivity index (χ3v) is 6.81. The third-order valence-electron chi connectivity index (χ3n) is 2.83. The van der Waals surface area contributed by atoms with E-state index in [4.69, 9.17) is 0 Å². The number of hydrogen-bond donors (Lipinski definition) is 1. The molecular formula is C9H17NS2. The van der Waals surface area contributed by atoms with Gasteiger partial charge in [-0.1, -0.05) is 13.8 Å². The number of hydrogen-bond acceptors (Lipinski definition) is 3. The standard InChI is InChI=1S/C9H17NS2/c1-7-8(2)12-9(11-7)3-5-10-6-4-9/h7-8,10H,3-6H2,1-2H3. The molecule has 1 N–H and O–H groups in total. The van der Waals surface area contributed by atoms with Gasteiger partial charge in [-0.2, -0.15) is 0 Å². The third kappa shape index (κ3) is 1.64. The van der Waals surface area contributed by atoms with E-state index >= 15 is 0 Å². The Labute approximate surface area is 83.4 Å². The second kappa shape index (κ2) is 3.43. The molecule has 1 nitrogen and oxygen atoms in total. The minimum absolute atomic E-state index is 0.587. The minimum Gasteiger partial charge on any atom is -0.317 e. The molecule has 2 rings (SSSR count). The maximum atomic E-state index is 3.44. The van der Waals surface area contributed by atoms with Crippen molar-refractivity contribution in [1.29, 1.82) is 0 Å². The first-order valence-corrected chi connectivity index (χ1v) is 6.54. The van der Waals surface area contributed by atoms with Gasteiger partial charge < -0.3 is 5.32 Å². The Bertz CT molecular complexity index is 154. The van der Waals surface area contributed by atoms with Gasteiger partial charge in [0.2, 0.25) is 0 Å². The lowest BCUT2D eigenvalue weighted by Crippen LogP contribution is -2.36. The van der Waals surface area contributed by atoms with Crippen molar-refractivity contribution < 1.29 is 0 Å². The molecule has 3 heteroatoms. The van der Waals surface area contributed by atoms with E-state index in [2.05, 4.69) is 42.7 Å². The van der Waals surface area contributed by atoms with Crippen molar-refractivity contribution >= 4 is 23.5 Å². The first-order chi connectivity index (χ1) is 5.72. The Morgan fingerprint density at radius 1 is 1.08 bits per heavy atom. The molecule has 2 fully saturated rings. The topological polar surface area (TPSA) is 12.0 Å². The Hall–Kier alpha value is 0.660. The average Bonchev–Trinajstić information content (AvgIpc) is 2.29. The van der Waals surface area contributed by atoms with Crippen LogP contribution in [-0.4, -0.2) is 27.7 Å². The maximum Gasteiger partial charge on any atom is 0.0641 e. The molecule has 0 aromatic heterocycles. The minimum atomic E-state index is 0.587. The summed E-state index contributed by atoms with van der Waals surface area (Å²) < 4.78 is 0.587. The van der Waals surface area contributed by atoms with Crippen molar-refractivity contribution in [3.63, 3.8) is 0 Å². The van der Waals surface area contributed by atoms with Crippen molar-refractivity contribution in [3.05, 3.63) is 0 Å². The van der Waals surface area contributed by atoms with Crippen LogP contribution < -0.4 is 5.32 Å². The largest absolute Gasteiger partial charge is 0.317 e. The molecule has 70 valence electrons. The van der Waals surface area contributed by atoms with Gasteiger partial charge in [0.1, 0.15) is 0 Å². The zero-order valence-corrected chi connectivity index (χ0v) is 9.43. The Balaban J connectivity index is 2.02. The van der Waals surface area contributed by atoms with Crippen LogP contribution in [0, 0.1) is 0 Å². The first kappa shape index (κ1) is 9.22. The molecule has 0 amide bonds. The monoisotopic (exact) mass is 203 g/mol. The smallest absolute Gasteiger partial charge is 0.0641 e. The summed E-state index contributed by atoms with van der Waals surface area (Å²) in [7, 11) is 0. The van der Waals surface area contributed by atoms with Crippen LogP contribution in [0.2, 0.25) is 0 Å². The van der Waals surface area contributed by atoms with Crippen molar-refractivity contribution in [1.82, 2.24) is 5.32 Å². The highest BCUT2D eigenvalue weighted by atomic mass is 32.2. The van der Waals surface area contributed by atoms with Gasteiger partial charge in [0, 0.05) is 10.5 Å². The van der Waals surface area contributed by atoms with Crippen LogP contribution >= 0.6 is 23.5 Å². The lowest BCUT2D eigenvalue weighted by molar-refractivity contribution is 0.509. The second-order valence-electron chi connectivity index (χ2n) is 3.81. The molecule has 12 heavy (non-hydrogen) atoms. The van der Waals surface area contributed by atoms with E-state index in [0.717, 1.165) is 10.5 Å². The molecule has 0 radical (unpaired) electrons. The molecule has 2 unspecified atom stereocenters. The normalized spacial score (nSPS) is 40.5. The van der Waals surface area contributed by atoms with Gasteiger partial charge in [-0.3, -0.25) is 0 Å². The van der Waals surface area contributed by atoms with E-state index in [-0.39, 0.29) is 0 Å². The van der Waals surface area contributed by atoms with Crippen molar-refractivity contribution in [2.75, 3.05) is 13.1 Å². The van der Waals surface area contributed by atoms with Crippen LogP contribution in [0.4, 0.5) is 0 Å².